The molecule has 5 heteroatoms. The van der Waals surface area contributed by atoms with Crippen molar-refractivity contribution in [2.45, 2.75) is 27.2 Å². The molecule has 0 aliphatic rings. The monoisotopic (exact) mass is 293 g/mol. The summed E-state index contributed by atoms with van der Waals surface area (Å²) in [6.45, 7) is 6.52. The third-order valence-electron chi connectivity index (χ3n) is 3.04. The van der Waals surface area contributed by atoms with Gasteiger partial charge in [0.25, 0.3) is 5.91 Å². The molecule has 0 saturated carbocycles. The maximum absolute atomic E-state index is 12.0. The molecule has 5 nitrogen and oxygen atoms in total. The highest BCUT2D eigenvalue weighted by Crippen LogP contribution is 2.13. The van der Waals surface area contributed by atoms with E-state index >= 15 is 0 Å². The van der Waals surface area contributed by atoms with Gasteiger partial charge in [0.15, 0.2) is 0 Å². The Morgan fingerprint density at radius 2 is 1.86 bits per heavy atom. The molecule has 1 aromatic rings. The number of nitrogens with one attached hydrogen (secondary N) is 1. The summed E-state index contributed by atoms with van der Waals surface area (Å²) in [6, 6.07) is 6.78. The predicted molar refractivity (Wildman–Crippen MR) is 80.5 cm³/mol. The minimum Gasteiger partial charge on any atom is -0.494 e. The number of aliphatic carboxylic acids is 1. The van der Waals surface area contributed by atoms with E-state index in [0.717, 1.165) is 0 Å². The van der Waals surface area contributed by atoms with Crippen LogP contribution in [0.3, 0.4) is 0 Å². The van der Waals surface area contributed by atoms with Crippen molar-refractivity contribution >= 4 is 11.9 Å². The zero-order valence-electron chi connectivity index (χ0n) is 12.8. The number of hydrogen-bond donors (Lipinski definition) is 2. The number of carbonyl (C=O) groups excluding carboxylic acids is 1. The summed E-state index contributed by atoms with van der Waals surface area (Å²) in [7, 11) is 0. The fraction of sp³-hybridized carbons (Fsp3) is 0.500. The normalized spacial score (nSPS) is 12.0. The van der Waals surface area contributed by atoms with Crippen LogP contribution in [0.4, 0.5) is 0 Å². The summed E-state index contributed by atoms with van der Waals surface area (Å²) in [5.41, 5.74) is 0.493. The van der Waals surface area contributed by atoms with Gasteiger partial charge in [-0.15, -0.1) is 0 Å². The van der Waals surface area contributed by atoms with Crippen LogP contribution in [0.1, 0.15) is 37.6 Å². The molecule has 0 heterocycles. The molecule has 0 spiro atoms. The number of hydrogen-bond acceptors (Lipinski definition) is 3. The van der Waals surface area contributed by atoms with Crippen LogP contribution >= 0.6 is 0 Å². The molecular formula is C16H23NO4. The van der Waals surface area contributed by atoms with Crippen LogP contribution in [-0.2, 0) is 4.79 Å². The lowest BCUT2D eigenvalue weighted by molar-refractivity contribution is -0.142. The van der Waals surface area contributed by atoms with E-state index in [4.69, 9.17) is 9.84 Å². The van der Waals surface area contributed by atoms with Crippen LogP contribution < -0.4 is 10.1 Å². The van der Waals surface area contributed by atoms with Crippen molar-refractivity contribution in [1.82, 2.24) is 5.32 Å². The number of benzene rings is 1. The van der Waals surface area contributed by atoms with Gasteiger partial charge >= 0.3 is 5.97 Å². The van der Waals surface area contributed by atoms with E-state index in [1.807, 2.05) is 20.8 Å². The molecular weight excluding hydrogens is 270 g/mol. The second-order valence-corrected chi connectivity index (χ2v) is 5.33. The molecule has 21 heavy (non-hydrogen) atoms. The third kappa shape index (κ3) is 5.85. The lowest BCUT2D eigenvalue weighted by Gasteiger charge is -2.15. The number of carboxylic acid groups (broad SMARTS) is 1. The highest BCUT2D eigenvalue weighted by molar-refractivity contribution is 5.94. The van der Waals surface area contributed by atoms with Crippen LogP contribution in [0, 0.1) is 11.8 Å². The van der Waals surface area contributed by atoms with E-state index in [0.29, 0.717) is 24.3 Å². The summed E-state index contributed by atoms with van der Waals surface area (Å²) in [5, 5.41) is 11.8. The van der Waals surface area contributed by atoms with Gasteiger partial charge in [0.2, 0.25) is 0 Å². The Hall–Kier alpha value is -2.04. The van der Waals surface area contributed by atoms with E-state index < -0.39 is 11.9 Å². The highest BCUT2D eigenvalue weighted by atomic mass is 16.5. The van der Waals surface area contributed by atoms with Crippen molar-refractivity contribution in [3.05, 3.63) is 29.8 Å². The summed E-state index contributed by atoms with van der Waals surface area (Å²) in [4.78, 5) is 23.1. The molecule has 1 rings (SSSR count). The van der Waals surface area contributed by atoms with E-state index in [2.05, 4.69) is 5.32 Å². The first-order valence-electron chi connectivity index (χ1n) is 7.17. The summed E-state index contributed by atoms with van der Waals surface area (Å²) >= 11 is 0. The fourth-order valence-corrected chi connectivity index (χ4v) is 2.03. The number of amides is 1. The standard InChI is InChI=1S/C16H23NO4/c1-4-21-14-7-5-12(6-8-14)15(18)17-10-13(16(19)20)9-11(2)3/h5-8,11,13H,4,9-10H2,1-3H3,(H,17,18)(H,19,20). The number of rotatable bonds is 8. The zero-order valence-corrected chi connectivity index (χ0v) is 12.8. The van der Waals surface area contributed by atoms with Crippen molar-refractivity contribution in [3.8, 4) is 5.75 Å². The van der Waals surface area contributed by atoms with Gasteiger partial charge in [-0.2, -0.15) is 0 Å². The Morgan fingerprint density at radius 3 is 2.33 bits per heavy atom. The van der Waals surface area contributed by atoms with Crippen molar-refractivity contribution in [3.63, 3.8) is 0 Å². The molecule has 0 aromatic heterocycles. The summed E-state index contributed by atoms with van der Waals surface area (Å²) in [6.07, 6.45) is 0.541. The van der Waals surface area contributed by atoms with Crippen molar-refractivity contribution in [2.24, 2.45) is 11.8 Å². The van der Waals surface area contributed by atoms with Crippen LogP contribution in [0.5, 0.6) is 5.75 Å². The van der Waals surface area contributed by atoms with E-state index in [1.54, 1.807) is 24.3 Å². The van der Waals surface area contributed by atoms with Gasteiger partial charge in [-0.05, 0) is 43.5 Å². The van der Waals surface area contributed by atoms with E-state index in [9.17, 15) is 9.59 Å². The van der Waals surface area contributed by atoms with Gasteiger partial charge in [0.05, 0.1) is 12.5 Å². The molecule has 0 saturated heterocycles. The molecule has 0 fully saturated rings. The van der Waals surface area contributed by atoms with E-state index in [-0.39, 0.29) is 18.4 Å². The Bertz CT molecular complexity index is 468. The second-order valence-electron chi connectivity index (χ2n) is 5.33. The van der Waals surface area contributed by atoms with Gasteiger partial charge in [-0.3, -0.25) is 9.59 Å². The number of ether oxygens (including phenoxy) is 1. The van der Waals surface area contributed by atoms with Gasteiger partial charge in [-0.25, -0.2) is 0 Å². The van der Waals surface area contributed by atoms with Crippen molar-refractivity contribution < 1.29 is 19.4 Å². The maximum atomic E-state index is 12.0. The Labute approximate surface area is 125 Å². The SMILES string of the molecule is CCOc1ccc(C(=O)NCC(CC(C)C)C(=O)O)cc1. The molecule has 0 aliphatic carbocycles. The minimum atomic E-state index is -0.879. The van der Waals surface area contributed by atoms with Gasteiger partial charge in [0.1, 0.15) is 5.75 Å². The first-order valence-corrected chi connectivity index (χ1v) is 7.17. The first kappa shape index (κ1) is 17.0. The molecule has 1 amide bonds. The lowest BCUT2D eigenvalue weighted by atomic mass is 9.97. The molecule has 0 aliphatic heterocycles. The minimum absolute atomic E-state index is 0.138. The molecule has 116 valence electrons. The van der Waals surface area contributed by atoms with Crippen LogP contribution in [0.15, 0.2) is 24.3 Å². The smallest absolute Gasteiger partial charge is 0.308 e. The molecule has 1 atom stereocenters. The lowest BCUT2D eigenvalue weighted by Crippen LogP contribution is -2.33. The maximum Gasteiger partial charge on any atom is 0.308 e. The molecule has 2 N–H and O–H groups in total. The third-order valence-corrected chi connectivity index (χ3v) is 3.04. The first-order chi connectivity index (χ1) is 9.93. The largest absolute Gasteiger partial charge is 0.494 e. The number of carbonyl (C=O) groups is 2. The molecule has 0 radical (unpaired) electrons. The predicted octanol–water partition coefficient (Wildman–Crippen LogP) is 2.56. The average Bonchev–Trinajstić information content (AvgIpc) is 2.43. The summed E-state index contributed by atoms with van der Waals surface area (Å²) in [5.74, 6) is -0.730. The molecule has 0 bridgehead atoms. The van der Waals surface area contributed by atoms with Crippen LogP contribution in [0.25, 0.3) is 0 Å². The quantitative estimate of drug-likeness (QED) is 0.772. The van der Waals surface area contributed by atoms with Crippen molar-refractivity contribution in [2.75, 3.05) is 13.2 Å². The van der Waals surface area contributed by atoms with Gasteiger partial charge in [0, 0.05) is 12.1 Å². The van der Waals surface area contributed by atoms with Crippen LogP contribution in [0.2, 0.25) is 0 Å². The topological polar surface area (TPSA) is 75.6 Å². The Morgan fingerprint density at radius 1 is 1.24 bits per heavy atom. The summed E-state index contributed by atoms with van der Waals surface area (Å²) < 4.78 is 5.30. The highest BCUT2D eigenvalue weighted by Gasteiger charge is 2.19. The van der Waals surface area contributed by atoms with Gasteiger partial charge in [-0.1, -0.05) is 13.8 Å². The zero-order chi connectivity index (χ0) is 15.8. The van der Waals surface area contributed by atoms with Crippen LogP contribution in [-0.4, -0.2) is 30.1 Å². The van der Waals surface area contributed by atoms with E-state index in [1.165, 1.54) is 0 Å². The van der Waals surface area contributed by atoms with Crippen molar-refractivity contribution in [1.29, 1.82) is 0 Å². The fourth-order valence-electron chi connectivity index (χ4n) is 2.03. The molecule has 1 aromatic carbocycles. The molecule has 1 unspecified atom stereocenters. The Balaban J connectivity index is 2.57. The Kier molecular flexibility index (Phi) is 6.72. The number of carboxylic acids is 1. The average molecular weight is 293 g/mol. The second kappa shape index (κ2) is 8.29. The van der Waals surface area contributed by atoms with Gasteiger partial charge < -0.3 is 15.2 Å².